The number of aromatic hydroxyl groups is 1. The van der Waals surface area contributed by atoms with Crippen LogP contribution in [0.15, 0.2) is 52.6 Å². The summed E-state index contributed by atoms with van der Waals surface area (Å²) < 4.78 is 0.635. The highest BCUT2D eigenvalue weighted by Gasteiger charge is 2.21. The van der Waals surface area contributed by atoms with Crippen molar-refractivity contribution in [2.24, 2.45) is 0 Å². The molecular weight excluding hydrogens is 398 g/mol. The Morgan fingerprint density at radius 3 is 2.50 bits per heavy atom. The minimum absolute atomic E-state index is 0.0290. The fourth-order valence-corrected chi connectivity index (χ4v) is 4.90. The van der Waals surface area contributed by atoms with Gasteiger partial charge in [0, 0.05) is 53.6 Å². The maximum Gasteiger partial charge on any atom is 0.266 e. The summed E-state index contributed by atoms with van der Waals surface area (Å²) in [6, 6.07) is 12.6. The molecule has 152 valence electrons. The average Bonchev–Trinajstić information content (AvgIpc) is 3.25. The molecule has 1 saturated heterocycles. The molecule has 5 rings (SSSR count). The third kappa shape index (κ3) is 3.07. The lowest BCUT2D eigenvalue weighted by molar-refractivity contribution is 0.0664. The van der Waals surface area contributed by atoms with Crippen molar-refractivity contribution in [2.75, 3.05) is 33.2 Å². The van der Waals surface area contributed by atoms with E-state index >= 15 is 0 Å². The standard InChI is InChI=1S/C23H21N3O3S/c1-25-9-11-26(12-10-25)23(29)15-4-2-14(3-5-15)19-18(27)7-6-17-20(19)16-8-13-30-21(16)22(28)24-17/h2-8,13,27H,9-12H2,1H3,(H,24,28). The van der Waals surface area contributed by atoms with E-state index < -0.39 is 0 Å². The zero-order valence-corrected chi connectivity index (χ0v) is 17.3. The summed E-state index contributed by atoms with van der Waals surface area (Å²) in [6.45, 7) is 3.21. The van der Waals surface area contributed by atoms with Crippen molar-refractivity contribution in [1.82, 2.24) is 14.8 Å². The number of piperazine rings is 1. The Kier molecular flexibility index (Phi) is 4.56. The number of pyridine rings is 1. The minimum atomic E-state index is -0.128. The first kappa shape index (κ1) is 18.8. The molecular formula is C23H21N3O3S. The number of carbonyl (C=O) groups is 1. The van der Waals surface area contributed by atoms with Gasteiger partial charge in [-0.2, -0.15) is 0 Å². The first-order chi connectivity index (χ1) is 14.5. The maximum absolute atomic E-state index is 12.8. The van der Waals surface area contributed by atoms with Crippen molar-refractivity contribution in [2.45, 2.75) is 0 Å². The zero-order chi connectivity index (χ0) is 20.8. The molecule has 0 unspecified atom stereocenters. The van der Waals surface area contributed by atoms with E-state index in [-0.39, 0.29) is 17.2 Å². The van der Waals surface area contributed by atoms with Crippen molar-refractivity contribution in [3.8, 4) is 16.9 Å². The Bertz CT molecular complexity index is 1320. The van der Waals surface area contributed by atoms with Gasteiger partial charge in [0.15, 0.2) is 0 Å². The summed E-state index contributed by atoms with van der Waals surface area (Å²) in [7, 11) is 2.06. The van der Waals surface area contributed by atoms with Gasteiger partial charge in [-0.05, 0) is 48.3 Å². The zero-order valence-electron chi connectivity index (χ0n) is 16.5. The molecule has 4 aromatic rings. The third-order valence-corrected chi connectivity index (χ3v) is 6.70. The maximum atomic E-state index is 12.8. The first-order valence-electron chi connectivity index (χ1n) is 9.86. The van der Waals surface area contributed by atoms with Gasteiger partial charge in [0.1, 0.15) is 10.4 Å². The van der Waals surface area contributed by atoms with Crippen LogP contribution in [0.3, 0.4) is 0 Å². The van der Waals surface area contributed by atoms with Gasteiger partial charge in [-0.3, -0.25) is 9.59 Å². The molecule has 2 N–H and O–H groups in total. The van der Waals surface area contributed by atoms with E-state index in [2.05, 4.69) is 16.9 Å². The van der Waals surface area contributed by atoms with Crippen LogP contribution in [0, 0.1) is 0 Å². The van der Waals surface area contributed by atoms with Gasteiger partial charge < -0.3 is 19.9 Å². The number of rotatable bonds is 2. The number of hydrogen-bond acceptors (Lipinski definition) is 5. The van der Waals surface area contributed by atoms with Crippen molar-refractivity contribution in [3.63, 3.8) is 0 Å². The third-order valence-electron chi connectivity index (χ3n) is 5.78. The van der Waals surface area contributed by atoms with Gasteiger partial charge in [-0.1, -0.05) is 12.1 Å². The summed E-state index contributed by atoms with van der Waals surface area (Å²) in [6.07, 6.45) is 0. The van der Waals surface area contributed by atoms with Gasteiger partial charge in [0.2, 0.25) is 0 Å². The second kappa shape index (κ2) is 7.27. The van der Waals surface area contributed by atoms with Crippen LogP contribution >= 0.6 is 11.3 Å². The highest BCUT2D eigenvalue weighted by atomic mass is 32.1. The van der Waals surface area contributed by atoms with Crippen molar-refractivity contribution >= 4 is 38.2 Å². The number of phenols is 1. The normalized spacial score (nSPS) is 15.2. The minimum Gasteiger partial charge on any atom is -0.507 e. The first-order valence-corrected chi connectivity index (χ1v) is 10.7. The molecule has 7 heteroatoms. The van der Waals surface area contributed by atoms with E-state index in [4.69, 9.17) is 0 Å². The average molecular weight is 420 g/mol. The van der Waals surface area contributed by atoms with E-state index in [1.165, 1.54) is 11.3 Å². The number of nitrogens with one attached hydrogen (secondary N) is 1. The van der Waals surface area contributed by atoms with Gasteiger partial charge in [-0.15, -0.1) is 11.3 Å². The van der Waals surface area contributed by atoms with Crippen LogP contribution in [0.2, 0.25) is 0 Å². The lowest BCUT2D eigenvalue weighted by atomic mass is 9.96. The predicted molar refractivity (Wildman–Crippen MR) is 120 cm³/mol. The Morgan fingerprint density at radius 2 is 1.77 bits per heavy atom. The van der Waals surface area contributed by atoms with Crippen LogP contribution in [0.1, 0.15) is 10.4 Å². The molecule has 0 radical (unpaired) electrons. The van der Waals surface area contributed by atoms with Crippen LogP contribution in [0.5, 0.6) is 5.75 Å². The summed E-state index contributed by atoms with van der Waals surface area (Å²) in [4.78, 5) is 32.2. The summed E-state index contributed by atoms with van der Waals surface area (Å²) in [5.41, 5.74) is 2.64. The van der Waals surface area contributed by atoms with Gasteiger partial charge >= 0.3 is 0 Å². The second-order valence-corrected chi connectivity index (χ2v) is 8.59. The quantitative estimate of drug-likeness (QED) is 0.521. The molecule has 6 nitrogen and oxygen atoms in total. The highest BCUT2D eigenvalue weighted by molar-refractivity contribution is 7.17. The molecule has 0 aliphatic carbocycles. The molecule has 1 aliphatic heterocycles. The van der Waals surface area contributed by atoms with Crippen LogP contribution < -0.4 is 5.56 Å². The van der Waals surface area contributed by atoms with E-state index in [0.717, 1.165) is 42.5 Å². The number of H-pyrrole nitrogens is 1. The number of thiophene rings is 1. The number of benzene rings is 2. The molecule has 1 amide bonds. The summed E-state index contributed by atoms with van der Waals surface area (Å²) in [5.74, 6) is 0.168. The molecule has 1 fully saturated rings. The van der Waals surface area contributed by atoms with E-state index in [1.54, 1.807) is 12.1 Å². The van der Waals surface area contributed by atoms with Crippen molar-refractivity contribution in [3.05, 3.63) is 63.8 Å². The fraction of sp³-hybridized carbons (Fsp3) is 0.217. The summed E-state index contributed by atoms with van der Waals surface area (Å²) >= 11 is 1.38. The van der Waals surface area contributed by atoms with Crippen molar-refractivity contribution < 1.29 is 9.90 Å². The highest BCUT2D eigenvalue weighted by Crippen LogP contribution is 2.39. The molecule has 3 heterocycles. The molecule has 2 aromatic carbocycles. The molecule has 1 aliphatic rings. The van der Waals surface area contributed by atoms with Gasteiger partial charge in [0.25, 0.3) is 11.5 Å². The smallest absolute Gasteiger partial charge is 0.266 e. The Hall–Kier alpha value is -3.16. The molecule has 0 bridgehead atoms. The molecule has 0 atom stereocenters. The number of fused-ring (bicyclic) bond motifs is 3. The monoisotopic (exact) mass is 419 g/mol. The number of nitrogens with zero attached hydrogens (tertiary/aromatic N) is 2. The SMILES string of the molecule is CN1CCN(C(=O)c2ccc(-c3c(O)ccc4[nH]c(=O)c5sccc5c34)cc2)CC1. The van der Waals surface area contributed by atoms with Crippen LogP contribution in [-0.4, -0.2) is 59.0 Å². The van der Waals surface area contributed by atoms with E-state index in [9.17, 15) is 14.7 Å². The number of amides is 1. The summed E-state index contributed by atoms with van der Waals surface area (Å²) in [5, 5.41) is 14.2. The number of phenolic OH excluding ortho intramolecular Hbond substituents is 1. The largest absolute Gasteiger partial charge is 0.507 e. The molecule has 0 spiro atoms. The Morgan fingerprint density at radius 1 is 1.03 bits per heavy atom. The van der Waals surface area contributed by atoms with E-state index in [0.29, 0.717) is 21.3 Å². The topological polar surface area (TPSA) is 76.6 Å². The lowest BCUT2D eigenvalue weighted by Crippen LogP contribution is -2.47. The number of carbonyl (C=O) groups excluding carboxylic acids is 1. The molecule has 2 aromatic heterocycles. The van der Waals surface area contributed by atoms with Crippen LogP contribution in [-0.2, 0) is 0 Å². The van der Waals surface area contributed by atoms with Crippen LogP contribution in [0.4, 0.5) is 0 Å². The predicted octanol–water partition coefficient (Wildman–Crippen LogP) is 3.50. The number of aromatic nitrogens is 1. The number of likely N-dealkylation sites (N-methyl/N-ethyl adjacent to an activating group) is 1. The second-order valence-electron chi connectivity index (χ2n) is 7.67. The number of aromatic amines is 1. The Balaban J connectivity index is 1.58. The fourth-order valence-electron chi connectivity index (χ4n) is 4.10. The number of hydrogen-bond donors (Lipinski definition) is 2. The molecule has 0 saturated carbocycles. The van der Waals surface area contributed by atoms with Gasteiger partial charge in [0.05, 0.1) is 0 Å². The van der Waals surface area contributed by atoms with Crippen LogP contribution in [0.25, 0.3) is 32.1 Å². The Labute approximate surface area is 177 Å². The lowest BCUT2D eigenvalue weighted by Gasteiger charge is -2.32. The van der Waals surface area contributed by atoms with E-state index in [1.807, 2.05) is 40.6 Å². The van der Waals surface area contributed by atoms with Gasteiger partial charge in [-0.25, -0.2) is 0 Å². The molecule has 30 heavy (non-hydrogen) atoms. The van der Waals surface area contributed by atoms with Crippen molar-refractivity contribution in [1.29, 1.82) is 0 Å².